The molecular weight excluding hydrogens is 408 g/mol. The van der Waals surface area contributed by atoms with Gasteiger partial charge in [0.25, 0.3) is 5.91 Å². The Balaban J connectivity index is 1.58. The number of benzene rings is 2. The van der Waals surface area contributed by atoms with Crippen LogP contribution < -0.4 is 10.1 Å². The Hall–Kier alpha value is -2.86. The summed E-state index contributed by atoms with van der Waals surface area (Å²) in [5.41, 5.74) is 2.05. The second kappa shape index (κ2) is 9.52. The molecule has 1 saturated heterocycles. The van der Waals surface area contributed by atoms with E-state index in [0.717, 1.165) is 57.6 Å². The van der Waals surface area contributed by atoms with Crippen molar-refractivity contribution < 1.29 is 14.3 Å². The Morgan fingerprint density at radius 3 is 2.65 bits per heavy atom. The number of fused-ring (bicyclic) bond motifs is 1. The molecule has 2 heterocycles. The zero-order chi connectivity index (χ0) is 21.8. The third-order valence-corrected chi connectivity index (χ3v) is 7.25. The fourth-order valence-corrected chi connectivity index (χ4v) is 5.57. The average molecular weight is 437 g/mol. The van der Waals surface area contributed by atoms with Crippen LogP contribution in [0.1, 0.15) is 40.1 Å². The maximum Gasteiger partial charge on any atom is 0.261 e. The highest BCUT2D eigenvalue weighted by atomic mass is 32.1. The molecular formula is C25H28N2O3S. The molecule has 3 aromatic rings. The van der Waals surface area contributed by atoms with Gasteiger partial charge in [-0.25, -0.2) is 0 Å². The van der Waals surface area contributed by atoms with Gasteiger partial charge >= 0.3 is 0 Å². The van der Waals surface area contributed by atoms with Crippen molar-refractivity contribution in [3.05, 3.63) is 64.5 Å². The first-order chi connectivity index (χ1) is 15.1. The average Bonchev–Trinajstić information content (AvgIpc) is 3.18. The van der Waals surface area contributed by atoms with Gasteiger partial charge in [0.05, 0.1) is 18.4 Å². The van der Waals surface area contributed by atoms with E-state index in [4.69, 9.17) is 4.74 Å². The first-order valence-corrected chi connectivity index (χ1v) is 11.6. The van der Waals surface area contributed by atoms with Gasteiger partial charge in [-0.05, 0) is 60.4 Å². The molecule has 0 saturated carbocycles. The number of rotatable bonds is 6. The molecule has 0 radical (unpaired) electrons. The number of hydrogen-bond acceptors (Lipinski definition) is 4. The van der Waals surface area contributed by atoms with E-state index in [0.29, 0.717) is 12.8 Å². The minimum Gasteiger partial charge on any atom is -0.497 e. The Kier molecular flexibility index (Phi) is 6.56. The molecule has 2 aromatic carbocycles. The summed E-state index contributed by atoms with van der Waals surface area (Å²) in [4.78, 5) is 28.6. The van der Waals surface area contributed by atoms with Crippen LogP contribution in [-0.4, -0.2) is 43.5 Å². The van der Waals surface area contributed by atoms with Gasteiger partial charge in [-0.1, -0.05) is 30.3 Å². The second-order valence-corrected chi connectivity index (χ2v) is 9.00. The van der Waals surface area contributed by atoms with Crippen molar-refractivity contribution in [3.63, 3.8) is 0 Å². The van der Waals surface area contributed by atoms with Crippen LogP contribution in [0.25, 0.3) is 10.1 Å². The first kappa shape index (κ1) is 21.4. The van der Waals surface area contributed by atoms with Crippen LogP contribution in [0, 0.1) is 0 Å². The lowest BCUT2D eigenvalue weighted by Gasteiger charge is -2.36. The Labute approximate surface area is 187 Å². The minimum absolute atomic E-state index is 0.0527. The third kappa shape index (κ3) is 4.59. The highest BCUT2D eigenvalue weighted by Gasteiger charge is 2.29. The number of hydrogen-bond donors (Lipinski definition) is 1. The van der Waals surface area contributed by atoms with Crippen LogP contribution in [0.2, 0.25) is 0 Å². The molecule has 1 atom stereocenters. The molecule has 0 bridgehead atoms. The number of piperidine rings is 1. The predicted molar refractivity (Wildman–Crippen MR) is 125 cm³/mol. The van der Waals surface area contributed by atoms with E-state index in [1.54, 1.807) is 14.2 Å². The SMILES string of the molecule is CNC(=O)c1sc2ccccc2c1C[C@@H]1CCCCN1C(=O)Cc1ccc(OC)cc1. The fraction of sp³-hybridized carbons (Fsp3) is 0.360. The van der Waals surface area contributed by atoms with Gasteiger partial charge in [0.1, 0.15) is 5.75 Å². The summed E-state index contributed by atoms with van der Waals surface area (Å²) >= 11 is 1.53. The zero-order valence-electron chi connectivity index (χ0n) is 18.0. The number of ether oxygens (including phenoxy) is 1. The van der Waals surface area contributed by atoms with Crippen LogP contribution >= 0.6 is 11.3 Å². The second-order valence-electron chi connectivity index (χ2n) is 7.95. The molecule has 0 spiro atoms. The molecule has 31 heavy (non-hydrogen) atoms. The number of methoxy groups -OCH3 is 1. The minimum atomic E-state index is -0.0527. The third-order valence-electron chi connectivity index (χ3n) is 6.03. The number of carbonyl (C=O) groups is 2. The van der Waals surface area contributed by atoms with Gasteiger partial charge in [0, 0.05) is 24.3 Å². The summed E-state index contributed by atoms with van der Waals surface area (Å²) in [6.45, 7) is 0.775. The highest BCUT2D eigenvalue weighted by Crippen LogP contribution is 2.34. The van der Waals surface area contributed by atoms with Gasteiger partial charge in [0.2, 0.25) is 5.91 Å². The fourth-order valence-electron chi connectivity index (χ4n) is 4.39. The zero-order valence-corrected chi connectivity index (χ0v) is 18.8. The van der Waals surface area contributed by atoms with E-state index in [1.165, 1.54) is 11.3 Å². The quantitative estimate of drug-likeness (QED) is 0.622. The summed E-state index contributed by atoms with van der Waals surface area (Å²) in [5, 5.41) is 3.90. The van der Waals surface area contributed by atoms with Crippen molar-refractivity contribution in [2.75, 3.05) is 20.7 Å². The summed E-state index contributed by atoms with van der Waals surface area (Å²) in [6, 6.07) is 16.0. The molecule has 1 aromatic heterocycles. The number of thiophene rings is 1. The monoisotopic (exact) mass is 436 g/mol. The van der Waals surface area contributed by atoms with Crippen molar-refractivity contribution in [1.29, 1.82) is 0 Å². The number of likely N-dealkylation sites (tertiary alicyclic amines) is 1. The molecule has 1 N–H and O–H groups in total. The van der Waals surface area contributed by atoms with Crippen LogP contribution in [0.5, 0.6) is 5.75 Å². The van der Waals surface area contributed by atoms with E-state index < -0.39 is 0 Å². The topological polar surface area (TPSA) is 58.6 Å². The van der Waals surface area contributed by atoms with Gasteiger partial charge in [0.15, 0.2) is 0 Å². The number of amides is 2. The van der Waals surface area contributed by atoms with Crippen molar-refractivity contribution in [2.45, 2.75) is 38.1 Å². The van der Waals surface area contributed by atoms with Crippen molar-refractivity contribution >= 4 is 33.2 Å². The number of nitrogens with one attached hydrogen (secondary N) is 1. The molecule has 0 aliphatic carbocycles. The molecule has 1 fully saturated rings. The van der Waals surface area contributed by atoms with Gasteiger partial charge < -0.3 is 15.0 Å². The highest BCUT2D eigenvalue weighted by molar-refractivity contribution is 7.21. The van der Waals surface area contributed by atoms with Crippen molar-refractivity contribution in [2.24, 2.45) is 0 Å². The Morgan fingerprint density at radius 1 is 1.13 bits per heavy atom. The summed E-state index contributed by atoms with van der Waals surface area (Å²) < 4.78 is 6.33. The molecule has 2 amide bonds. The Bertz CT molecular complexity index is 1070. The lowest BCUT2D eigenvalue weighted by Crippen LogP contribution is -2.45. The summed E-state index contributed by atoms with van der Waals surface area (Å²) in [7, 11) is 3.31. The van der Waals surface area contributed by atoms with Crippen LogP contribution in [-0.2, 0) is 17.6 Å². The molecule has 0 unspecified atom stereocenters. The smallest absolute Gasteiger partial charge is 0.261 e. The maximum atomic E-state index is 13.2. The van der Waals surface area contributed by atoms with E-state index in [2.05, 4.69) is 17.4 Å². The lowest BCUT2D eigenvalue weighted by atomic mass is 9.93. The largest absolute Gasteiger partial charge is 0.497 e. The van der Waals surface area contributed by atoms with Gasteiger partial charge in [-0.15, -0.1) is 11.3 Å². The van der Waals surface area contributed by atoms with E-state index in [9.17, 15) is 9.59 Å². The van der Waals surface area contributed by atoms with E-state index >= 15 is 0 Å². The van der Waals surface area contributed by atoms with Crippen LogP contribution in [0.15, 0.2) is 48.5 Å². The van der Waals surface area contributed by atoms with Gasteiger partial charge in [-0.3, -0.25) is 9.59 Å². The van der Waals surface area contributed by atoms with Crippen LogP contribution in [0.4, 0.5) is 0 Å². The molecule has 5 nitrogen and oxygen atoms in total. The molecule has 1 aliphatic rings. The van der Waals surface area contributed by atoms with E-state index in [-0.39, 0.29) is 17.9 Å². The van der Waals surface area contributed by atoms with E-state index in [1.807, 2.05) is 41.3 Å². The first-order valence-electron chi connectivity index (χ1n) is 10.8. The molecule has 4 rings (SSSR count). The molecule has 1 aliphatic heterocycles. The van der Waals surface area contributed by atoms with Crippen LogP contribution in [0.3, 0.4) is 0 Å². The standard InChI is InChI=1S/C25H28N2O3S/c1-26-25(29)24-21(20-8-3-4-9-22(20)31-24)16-18-7-5-6-14-27(18)23(28)15-17-10-12-19(30-2)13-11-17/h3-4,8-13,18H,5-7,14-16H2,1-2H3,(H,26,29)/t18-/m0/s1. The molecule has 162 valence electrons. The summed E-state index contributed by atoms with van der Waals surface area (Å²) in [6.07, 6.45) is 4.19. The maximum absolute atomic E-state index is 13.2. The lowest BCUT2D eigenvalue weighted by molar-refractivity contribution is -0.134. The summed E-state index contributed by atoms with van der Waals surface area (Å²) in [5.74, 6) is 0.886. The number of carbonyl (C=O) groups excluding carboxylic acids is 2. The van der Waals surface area contributed by atoms with Gasteiger partial charge in [-0.2, -0.15) is 0 Å². The van der Waals surface area contributed by atoms with Crippen molar-refractivity contribution in [3.8, 4) is 5.75 Å². The predicted octanol–water partition coefficient (Wildman–Crippen LogP) is 4.44. The number of nitrogens with zero attached hydrogens (tertiary/aromatic N) is 1. The van der Waals surface area contributed by atoms with Crippen molar-refractivity contribution in [1.82, 2.24) is 10.2 Å². The Morgan fingerprint density at radius 2 is 1.90 bits per heavy atom. The molecule has 6 heteroatoms. The normalized spacial score (nSPS) is 16.3.